The summed E-state index contributed by atoms with van der Waals surface area (Å²) >= 11 is 0. The zero-order valence-corrected chi connectivity index (χ0v) is 37.0. The van der Waals surface area contributed by atoms with Crippen molar-refractivity contribution < 1.29 is 43.8 Å². The van der Waals surface area contributed by atoms with Gasteiger partial charge < -0.3 is 73.4 Å². The van der Waals surface area contributed by atoms with Crippen molar-refractivity contribution in [3.63, 3.8) is 0 Å². The number of carbonyl (C=O) groups excluding carboxylic acids is 6. The molecule has 15 N–H and O–H groups in total. The predicted molar refractivity (Wildman–Crippen MR) is 241 cm³/mol. The average Bonchev–Trinajstić information content (AvgIpc) is 4.16. The third kappa shape index (κ3) is 12.7. The van der Waals surface area contributed by atoms with Crippen molar-refractivity contribution in [3.05, 3.63) is 72.5 Å². The maximum atomic E-state index is 14.6. The number of para-hydroxylation sites is 1. The molecule has 5 heterocycles. The summed E-state index contributed by atoms with van der Waals surface area (Å²) in [7, 11) is 0. The second-order valence-electron chi connectivity index (χ2n) is 16.8. The van der Waals surface area contributed by atoms with Crippen LogP contribution in [0.5, 0.6) is 0 Å². The van der Waals surface area contributed by atoms with Gasteiger partial charge in [0.05, 0.1) is 24.8 Å². The number of carboxylic acids is 1. The first-order valence-corrected chi connectivity index (χ1v) is 22.1. The predicted octanol–water partition coefficient (Wildman–Crippen LogP) is -2.59. The molecule has 360 valence electrons. The van der Waals surface area contributed by atoms with Crippen LogP contribution >= 0.6 is 0 Å². The van der Waals surface area contributed by atoms with E-state index in [4.69, 9.17) is 17.2 Å². The normalized spacial score (nSPS) is 18.6. The molecule has 0 bridgehead atoms. The van der Waals surface area contributed by atoms with E-state index in [2.05, 4.69) is 51.2 Å². The fourth-order valence-corrected chi connectivity index (χ4v) is 8.49. The van der Waals surface area contributed by atoms with Gasteiger partial charge in [-0.05, 0) is 57.1 Å². The van der Waals surface area contributed by atoms with Crippen molar-refractivity contribution in [1.82, 2.24) is 56.0 Å². The summed E-state index contributed by atoms with van der Waals surface area (Å²) in [6, 6.07) is -1.42. The zero-order valence-electron chi connectivity index (χ0n) is 37.0. The fourth-order valence-electron chi connectivity index (χ4n) is 8.49. The van der Waals surface area contributed by atoms with E-state index in [1.54, 1.807) is 12.4 Å². The third-order valence-electron chi connectivity index (χ3n) is 11.9. The Morgan fingerprint density at radius 1 is 0.791 bits per heavy atom. The van der Waals surface area contributed by atoms with E-state index in [9.17, 15) is 43.8 Å². The summed E-state index contributed by atoms with van der Waals surface area (Å²) in [4.78, 5) is 120. The first-order chi connectivity index (χ1) is 32.1. The van der Waals surface area contributed by atoms with Crippen LogP contribution in [0.2, 0.25) is 0 Å². The Morgan fingerprint density at radius 2 is 1.39 bits per heavy atom. The fraction of sp³-hybridized carbons (Fsp3) is 0.488. The minimum Gasteiger partial charge on any atom is -0.480 e. The lowest BCUT2D eigenvalue weighted by atomic mass is 10.0. The van der Waals surface area contributed by atoms with Gasteiger partial charge in [-0.2, -0.15) is 0 Å². The molecule has 67 heavy (non-hydrogen) atoms. The van der Waals surface area contributed by atoms with E-state index in [-0.39, 0.29) is 64.1 Å². The Bertz CT molecular complexity index is 2380. The molecule has 0 unspecified atom stereocenters. The van der Waals surface area contributed by atoms with Gasteiger partial charge in [-0.3, -0.25) is 33.8 Å². The molecule has 24 heteroatoms. The lowest BCUT2D eigenvalue weighted by Crippen LogP contribution is -2.61. The van der Waals surface area contributed by atoms with E-state index < -0.39 is 89.8 Å². The molecular formula is C43H59N15O9. The minimum atomic E-state index is -1.57. The van der Waals surface area contributed by atoms with E-state index in [1.165, 1.54) is 30.7 Å². The van der Waals surface area contributed by atoms with Crippen molar-refractivity contribution >= 4 is 58.3 Å². The molecule has 4 aromatic rings. The van der Waals surface area contributed by atoms with Gasteiger partial charge in [0.1, 0.15) is 36.3 Å². The number of carboxylic acid groups (broad SMARTS) is 1. The van der Waals surface area contributed by atoms with E-state index in [1.807, 2.05) is 24.3 Å². The van der Waals surface area contributed by atoms with Crippen molar-refractivity contribution in [2.75, 3.05) is 19.6 Å². The monoisotopic (exact) mass is 929 g/mol. The largest absolute Gasteiger partial charge is 0.480 e. The number of H-pyrrole nitrogens is 3. The third-order valence-corrected chi connectivity index (χ3v) is 11.9. The second-order valence-corrected chi connectivity index (χ2v) is 16.8. The maximum absolute atomic E-state index is 14.6. The standard InChI is InChI=1S/C43H59N15O9/c1-23(59)35(41(65)58-14-6-11-34(58)42(66)67)56-38(62)32(17-26-20-48-22-52-26)55-37(61)31(15-24-18-50-29-8-3-2-7-27(24)29)54-36(60)30(9-4-12-49-43(45)46)53-39(63)33-10-5-13-57(33)40(64)28(44)16-25-19-47-21-51-25/h2-3,7-8,18-23,28,30-35,50,59H,4-6,9-17,44H2,1H3,(H,47,51)(H,48,52)(H,53,63)(H,54,60)(H,55,61)(H,56,62)(H,66,67)(H4,45,46,49)/t23-,28+,30+,31+,32+,33+,34+,35+/m1/s1. The van der Waals surface area contributed by atoms with E-state index in [0.29, 0.717) is 36.2 Å². The molecular weight excluding hydrogens is 871 g/mol. The molecule has 24 nitrogen and oxygen atoms in total. The van der Waals surface area contributed by atoms with Crippen LogP contribution in [0.1, 0.15) is 62.4 Å². The number of hydrogen-bond acceptors (Lipinski definition) is 12. The number of nitrogens with two attached hydrogens (primary N) is 3. The number of nitrogens with zero attached hydrogens (tertiary/aromatic N) is 5. The SMILES string of the molecule is C[C@@H](O)[C@H](NC(=O)[C@H](Cc1cnc[nH]1)NC(=O)[C@H](Cc1c[nH]c2ccccc12)NC(=O)[C@H](CCCN=C(N)N)NC(=O)[C@@H]1CCCN1C(=O)[C@@H](N)Cc1cnc[nH]1)C(=O)N1CCC[C@H]1C(=O)O. The van der Waals surface area contributed by atoms with Crippen LogP contribution in [0.4, 0.5) is 0 Å². The molecule has 1 aromatic carbocycles. The number of likely N-dealkylation sites (tertiary alicyclic amines) is 2. The van der Waals surface area contributed by atoms with Crippen LogP contribution in [-0.4, -0.2) is 160 Å². The number of aliphatic imine (C=N–C) groups is 1. The molecule has 2 saturated heterocycles. The van der Waals surface area contributed by atoms with Gasteiger partial charge in [0, 0.05) is 79.8 Å². The van der Waals surface area contributed by atoms with Crippen LogP contribution in [0.15, 0.2) is 60.5 Å². The van der Waals surface area contributed by atoms with E-state index in [0.717, 1.165) is 15.8 Å². The number of aliphatic carboxylic acids is 1. The number of fused-ring (bicyclic) bond motifs is 1. The number of rotatable bonds is 22. The van der Waals surface area contributed by atoms with Crippen LogP contribution in [0, 0.1) is 0 Å². The zero-order chi connectivity index (χ0) is 48.2. The molecule has 6 amide bonds. The summed E-state index contributed by atoms with van der Waals surface area (Å²) in [6.07, 6.45) is 7.57. The molecule has 0 saturated carbocycles. The minimum absolute atomic E-state index is 0.00908. The smallest absolute Gasteiger partial charge is 0.326 e. The Hall–Kier alpha value is -7.34. The van der Waals surface area contributed by atoms with Crippen molar-refractivity contribution in [1.29, 1.82) is 0 Å². The molecule has 3 aromatic heterocycles. The highest BCUT2D eigenvalue weighted by atomic mass is 16.4. The number of aromatic nitrogens is 5. The summed E-state index contributed by atoms with van der Waals surface area (Å²) in [5, 5.41) is 32.0. The van der Waals surface area contributed by atoms with Gasteiger partial charge in [-0.1, -0.05) is 18.2 Å². The number of aliphatic hydroxyl groups is 1. The highest BCUT2D eigenvalue weighted by Crippen LogP contribution is 2.22. The molecule has 2 fully saturated rings. The van der Waals surface area contributed by atoms with Gasteiger partial charge in [-0.25, -0.2) is 14.8 Å². The van der Waals surface area contributed by atoms with Gasteiger partial charge >= 0.3 is 5.97 Å². The van der Waals surface area contributed by atoms with Gasteiger partial charge in [0.25, 0.3) is 0 Å². The number of amides is 6. The first-order valence-electron chi connectivity index (χ1n) is 22.1. The molecule has 6 rings (SSSR count). The highest BCUT2D eigenvalue weighted by Gasteiger charge is 2.41. The molecule has 2 aliphatic rings. The number of imidazole rings is 2. The maximum Gasteiger partial charge on any atom is 0.326 e. The quantitative estimate of drug-likeness (QED) is 0.0219. The number of nitrogens with one attached hydrogen (secondary N) is 7. The summed E-state index contributed by atoms with van der Waals surface area (Å²) in [6.45, 7) is 1.75. The van der Waals surface area contributed by atoms with Gasteiger partial charge in [0.15, 0.2) is 5.96 Å². The Balaban J connectivity index is 1.25. The second kappa shape index (κ2) is 22.7. The van der Waals surface area contributed by atoms with Crippen LogP contribution in [-0.2, 0) is 52.8 Å². The van der Waals surface area contributed by atoms with E-state index >= 15 is 0 Å². The van der Waals surface area contributed by atoms with Crippen molar-refractivity contribution in [2.45, 2.75) is 113 Å². The van der Waals surface area contributed by atoms with Crippen molar-refractivity contribution in [2.24, 2.45) is 22.2 Å². The summed E-state index contributed by atoms with van der Waals surface area (Å²) < 4.78 is 0. The van der Waals surface area contributed by atoms with Crippen molar-refractivity contribution in [3.8, 4) is 0 Å². The number of benzene rings is 1. The Kier molecular flexibility index (Phi) is 16.6. The summed E-state index contributed by atoms with van der Waals surface area (Å²) in [5.74, 6) is -5.75. The van der Waals surface area contributed by atoms with Crippen LogP contribution in [0.3, 0.4) is 0 Å². The number of hydrogen-bond donors (Lipinski definition) is 12. The molecule has 0 radical (unpaired) electrons. The lowest BCUT2D eigenvalue weighted by molar-refractivity contribution is -0.150. The average molecular weight is 930 g/mol. The Morgan fingerprint density at radius 3 is 2.01 bits per heavy atom. The highest BCUT2D eigenvalue weighted by molar-refractivity contribution is 5.98. The summed E-state index contributed by atoms with van der Waals surface area (Å²) in [5.41, 5.74) is 19.8. The number of carbonyl (C=O) groups is 7. The first kappa shape index (κ1) is 49.1. The van der Waals surface area contributed by atoms with Crippen LogP contribution in [0.25, 0.3) is 10.9 Å². The van der Waals surface area contributed by atoms with Gasteiger partial charge in [-0.15, -0.1) is 0 Å². The number of aliphatic hydroxyl groups excluding tert-OH is 1. The van der Waals surface area contributed by atoms with Gasteiger partial charge in [0.2, 0.25) is 35.4 Å². The topological polar surface area (TPSA) is 378 Å². The molecule has 0 aliphatic carbocycles. The lowest BCUT2D eigenvalue weighted by Gasteiger charge is -2.30. The molecule has 0 spiro atoms. The van der Waals surface area contributed by atoms with Crippen LogP contribution < -0.4 is 38.5 Å². The number of aromatic amines is 3. The molecule has 2 aliphatic heterocycles. The number of guanidine groups is 1. The molecule has 8 atom stereocenters. The Labute approximate surface area is 384 Å².